The van der Waals surface area contributed by atoms with Gasteiger partial charge in [-0.1, -0.05) is 24.3 Å². The number of hydrogen-bond donors (Lipinski definition) is 1. The molecule has 0 fully saturated rings. The SMILES string of the molecule is COc1ccccc1CN1CC[C@@H](CO)N(C)c2ncccc2C1. The number of ether oxygens (including phenoxy) is 1. The Labute approximate surface area is 143 Å². The van der Waals surface area contributed by atoms with Gasteiger partial charge < -0.3 is 14.7 Å². The first-order chi connectivity index (χ1) is 11.7. The largest absolute Gasteiger partial charge is 0.496 e. The molecule has 1 aliphatic heterocycles. The van der Waals surface area contributed by atoms with Gasteiger partial charge in [-0.05, 0) is 18.6 Å². The lowest BCUT2D eigenvalue weighted by molar-refractivity contribution is 0.204. The highest BCUT2D eigenvalue weighted by Crippen LogP contribution is 2.26. The molecule has 1 aromatic carbocycles. The number of benzene rings is 1. The van der Waals surface area contributed by atoms with E-state index in [1.807, 2.05) is 37.5 Å². The van der Waals surface area contributed by atoms with E-state index in [0.29, 0.717) is 0 Å². The number of para-hydroxylation sites is 1. The minimum absolute atomic E-state index is 0.0825. The topological polar surface area (TPSA) is 48.8 Å². The van der Waals surface area contributed by atoms with Crippen molar-refractivity contribution in [1.82, 2.24) is 9.88 Å². The molecule has 5 heteroatoms. The molecule has 0 saturated heterocycles. The van der Waals surface area contributed by atoms with E-state index in [4.69, 9.17) is 4.74 Å². The van der Waals surface area contributed by atoms with Crippen LogP contribution in [0.3, 0.4) is 0 Å². The van der Waals surface area contributed by atoms with Crippen LogP contribution in [0.1, 0.15) is 17.5 Å². The van der Waals surface area contributed by atoms with E-state index in [2.05, 4.69) is 26.9 Å². The summed E-state index contributed by atoms with van der Waals surface area (Å²) in [4.78, 5) is 9.04. The summed E-state index contributed by atoms with van der Waals surface area (Å²) in [6.45, 7) is 2.71. The fourth-order valence-corrected chi connectivity index (χ4v) is 3.31. The van der Waals surface area contributed by atoms with Crippen LogP contribution in [0.15, 0.2) is 42.6 Å². The standard InChI is InChI=1S/C19H25N3O2/c1-21-17(14-23)9-11-22(13-16-7-5-10-20-19(16)21)12-15-6-3-4-8-18(15)24-2/h3-8,10,17,23H,9,11-14H2,1-2H3/t17-/m0/s1. The highest BCUT2D eigenvalue weighted by molar-refractivity contribution is 5.47. The number of hydrogen-bond acceptors (Lipinski definition) is 5. The van der Waals surface area contributed by atoms with Crippen molar-refractivity contribution in [2.24, 2.45) is 0 Å². The second kappa shape index (κ2) is 7.64. The Bertz CT molecular complexity index is 677. The summed E-state index contributed by atoms with van der Waals surface area (Å²) in [5.41, 5.74) is 2.37. The van der Waals surface area contributed by atoms with Crippen molar-refractivity contribution in [1.29, 1.82) is 0 Å². The van der Waals surface area contributed by atoms with Crippen LogP contribution in [0.2, 0.25) is 0 Å². The van der Waals surface area contributed by atoms with Crippen LogP contribution in [-0.2, 0) is 13.1 Å². The number of likely N-dealkylation sites (N-methyl/N-ethyl adjacent to an activating group) is 1. The van der Waals surface area contributed by atoms with Crippen molar-refractivity contribution in [3.8, 4) is 5.75 Å². The lowest BCUT2D eigenvalue weighted by Crippen LogP contribution is -2.41. The van der Waals surface area contributed by atoms with E-state index in [1.54, 1.807) is 7.11 Å². The molecule has 3 rings (SSSR count). The maximum absolute atomic E-state index is 9.75. The molecular weight excluding hydrogens is 302 g/mol. The Morgan fingerprint density at radius 1 is 1.25 bits per heavy atom. The van der Waals surface area contributed by atoms with Crippen molar-refractivity contribution in [3.05, 3.63) is 53.7 Å². The molecule has 1 aliphatic rings. The number of pyridine rings is 1. The summed E-state index contributed by atoms with van der Waals surface area (Å²) in [5, 5.41) is 9.75. The number of anilines is 1. The van der Waals surface area contributed by atoms with E-state index < -0.39 is 0 Å². The molecule has 128 valence electrons. The van der Waals surface area contributed by atoms with E-state index in [1.165, 1.54) is 11.1 Å². The van der Waals surface area contributed by atoms with Gasteiger partial charge in [0.05, 0.1) is 19.8 Å². The zero-order valence-corrected chi connectivity index (χ0v) is 14.4. The van der Waals surface area contributed by atoms with E-state index in [0.717, 1.165) is 37.6 Å². The molecule has 1 aromatic heterocycles. The van der Waals surface area contributed by atoms with Crippen LogP contribution in [-0.4, -0.2) is 48.3 Å². The molecule has 0 unspecified atom stereocenters. The summed E-state index contributed by atoms with van der Waals surface area (Å²) >= 11 is 0. The molecule has 5 nitrogen and oxygen atoms in total. The smallest absolute Gasteiger partial charge is 0.133 e. The number of aliphatic hydroxyl groups is 1. The highest BCUT2D eigenvalue weighted by atomic mass is 16.5. The molecule has 0 aliphatic carbocycles. The quantitative estimate of drug-likeness (QED) is 0.934. The van der Waals surface area contributed by atoms with Crippen molar-refractivity contribution in [2.75, 3.05) is 32.2 Å². The predicted octanol–water partition coefficient (Wildman–Crippen LogP) is 2.29. The summed E-state index contributed by atoms with van der Waals surface area (Å²) in [5.74, 6) is 1.88. The third kappa shape index (κ3) is 3.52. The zero-order valence-electron chi connectivity index (χ0n) is 14.4. The normalized spacial score (nSPS) is 18.6. The van der Waals surface area contributed by atoms with Crippen LogP contribution in [0.5, 0.6) is 5.75 Å². The van der Waals surface area contributed by atoms with Crippen LogP contribution >= 0.6 is 0 Å². The predicted molar refractivity (Wildman–Crippen MR) is 95.2 cm³/mol. The third-order valence-electron chi connectivity index (χ3n) is 4.72. The van der Waals surface area contributed by atoms with E-state index in [9.17, 15) is 5.11 Å². The van der Waals surface area contributed by atoms with Gasteiger partial charge in [0.1, 0.15) is 11.6 Å². The molecule has 0 amide bonds. The van der Waals surface area contributed by atoms with Gasteiger partial charge >= 0.3 is 0 Å². The minimum Gasteiger partial charge on any atom is -0.496 e. The molecule has 0 radical (unpaired) electrons. The van der Waals surface area contributed by atoms with Gasteiger partial charge in [0.15, 0.2) is 0 Å². The van der Waals surface area contributed by atoms with Gasteiger partial charge in [0.25, 0.3) is 0 Å². The van der Waals surface area contributed by atoms with Gasteiger partial charge in [-0.3, -0.25) is 4.90 Å². The zero-order chi connectivity index (χ0) is 16.9. The maximum Gasteiger partial charge on any atom is 0.133 e. The summed E-state index contributed by atoms with van der Waals surface area (Å²) in [7, 11) is 3.73. The summed E-state index contributed by atoms with van der Waals surface area (Å²) < 4.78 is 5.48. The Morgan fingerprint density at radius 3 is 2.88 bits per heavy atom. The first-order valence-corrected chi connectivity index (χ1v) is 8.34. The van der Waals surface area contributed by atoms with Crippen LogP contribution in [0.25, 0.3) is 0 Å². The first kappa shape index (κ1) is 16.7. The number of nitrogens with zero attached hydrogens (tertiary/aromatic N) is 3. The molecular formula is C19H25N3O2. The Balaban J connectivity index is 1.87. The molecule has 24 heavy (non-hydrogen) atoms. The van der Waals surface area contributed by atoms with Crippen molar-refractivity contribution in [3.63, 3.8) is 0 Å². The lowest BCUT2D eigenvalue weighted by atomic mass is 10.1. The summed E-state index contributed by atoms with van der Waals surface area (Å²) in [6.07, 6.45) is 2.72. The number of rotatable bonds is 4. The number of aromatic nitrogens is 1. The Hall–Kier alpha value is -2.11. The second-order valence-electron chi connectivity index (χ2n) is 6.24. The number of aliphatic hydroxyl groups excluding tert-OH is 1. The molecule has 1 atom stereocenters. The van der Waals surface area contributed by atoms with Crippen molar-refractivity contribution >= 4 is 5.82 Å². The van der Waals surface area contributed by atoms with Crippen molar-refractivity contribution < 1.29 is 9.84 Å². The average molecular weight is 327 g/mol. The molecule has 2 heterocycles. The molecule has 1 N–H and O–H groups in total. The average Bonchev–Trinajstić information content (AvgIpc) is 2.61. The van der Waals surface area contributed by atoms with E-state index >= 15 is 0 Å². The maximum atomic E-state index is 9.75. The number of fused-ring (bicyclic) bond motifs is 1. The highest BCUT2D eigenvalue weighted by Gasteiger charge is 2.23. The van der Waals surface area contributed by atoms with Crippen LogP contribution < -0.4 is 9.64 Å². The minimum atomic E-state index is 0.0825. The fourth-order valence-electron chi connectivity index (χ4n) is 3.31. The monoisotopic (exact) mass is 327 g/mol. The summed E-state index contributed by atoms with van der Waals surface area (Å²) in [6, 6.07) is 12.3. The van der Waals surface area contributed by atoms with Crippen molar-refractivity contribution in [2.45, 2.75) is 25.6 Å². The Kier molecular flexibility index (Phi) is 5.33. The van der Waals surface area contributed by atoms with Gasteiger partial charge in [-0.2, -0.15) is 0 Å². The second-order valence-corrected chi connectivity index (χ2v) is 6.24. The molecule has 2 aromatic rings. The third-order valence-corrected chi connectivity index (χ3v) is 4.72. The van der Waals surface area contributed by atoms with Crippen LogP contribution in [0.4, 0.5) is 5.82 Å². The number of methoxy groups -OCH3 is 1. The fraction of sp³-hybridized carbons (Fsp3) is 0.421. The molecule has 0 saturated carbocycles. The van der Waals surface area contributed by atoms with Gasteiger partial charge in [0, 0.05) is 44.0 Å². The first-order valence-electron chi connectivity index (χ1n) is 8.34. The van der Waals surface area contributed by atoms with E-state index in [-0.39, 0.29) is 12.6 Å². The molecule has 0 bridgehead atoms. The van der Waals surface area contributed by atoms with Gasteiger partial charge in [0.2, 0.25) is 0 Å². The van der Waals surface area contributed by atoms with Gasteiger partial charge in [-0.25, -0.2) is 4.98 Å². The Morgan fingerprint density at radius 2 is 2.08 bits per heavy atom. The van der Waals surface area contributed by atoms with Gasteiger partial charge in [-0.15, -0.1) is 0 Å². The van der Waals surface area contributed by atoms with Crippen LogP contribution in [0, 0.1) is 0 Å². The lowest BCUT2D eigenvalue weighted by Gasteiger charge is -2.35. The molecule has 0 spiro atoms.